The summed E-state index contributed by atoms with van der Waals surface area (Å²) in [5, 5.41) is 13.1. The molecule has 65 heavy (non-hydrogen) atoms. The molecule has 0 fully saturated rings. The molecule has 0 aliphatic carbocycles. The van der Waals surface area contributed by atoms with Gasteiger partial charge in [0.2, 0.25) is 0 Å². The number of benzene rings is 6. The lowest BCUT2D eigenvalue weighted by Gasteiger charge is -2.27. The molecule has 0 aliphatic heterocycles. The first kappa shape index (κ1) is 22.8. The molecule has 1 N–H and O–H groups in total. The Hall–Kier alpha value is -6.26. The molecule has 332 valence electrons. The zero-order valence-electron chi connectivity index (χ0n) is 63.9. The maximum atomic E-state index is 13.1. The van der Waals surface area contributed by atoms with Gasteiger partial charge in [-0.1, -0.05) is 167 Å². The number of nitrogens with zero attached hydrogens (tertiary/aromatic N) is 3. The smallest absolute Gasteiger partial charge is 0.149 e. The van der Waals surface area contributed by atoms with Crippen molar-refractivity contribution in [1.82, 2.24) is 14.5 Å². The Labute approximate surface area is 426 Å². The first-order chi connectivity index (χ1) is 41.5. The lowest BCUT2D eigenvalue weighted by Crippen LogP contribution is -2.17. The molecule has 2 aromatic heterocycles. The fraction of sp³-hybridized carbons (Fsp3) is 0.311. The van der Waals surface area contributed by atoms with Crippen LogP contribution in [0, 0.1) is 20.6 Å². The molecule has 0 unspecified atom stereocenters. The zero-order chi connectivity index (χ0) is 69.5. The monoisotopic (exact) mass is 885 g/mol. The number of aryl methyl sites for hydroxylation is 3. The molecular weight excluding hydrogens is 791 g/mol. The van der Waals surface area contributed by atoms with Gasteiger partial charge in [-0.15, -0.1) is 0 Å². The fourth-order valence-electron chi connectivity index (χ4n) is 8.06. The van der Waals surface area contributed by atoms with E-state index in [1.54, 1.807) is 48.5 Å². The highest BCUT2D eigenvalue weighted by Crippen LogP contribution is 2.45. The van der Waals surface area contributed by atoms with E-state index in [0.717, 1.165) is 16.2 Å². The van der Waals surface area contributed by atoms with Crippen LogP contribution in [-0.4, -0.2) is 19.6 Å². The molecule has 0 aliphatic rings. The summed E-state index contributed by atoms with van der Waals surface area (Å²) >= 11 is 0. The second-order valence-corrected chi connectivity index (χ2v) is 18.7. The van der Waals surface area contributed by atoms with Gasteiger partial charge in [0.25, 0.3) is 0 Å². The van der Waals surface area contributed by atoms with Crippen LogP contribution < -0.4 is 0 Å². The van der Waals surface area contributed by atoms with E-state index in [0.29, 0.717) is 45.1 Å². The minimum Gasteiger partial charge on any atom is -0.507 e. The maximum absolute atomic E-state index is 13.1. The Morgan fingerprint density at radius 1 is 0.508 bits per heavy atom. The van der Waals surface area contributed by atoms with Crippen molar-refractivity contribution in [3.8, 4) is 67.5 Å². The number of aromatic hydroxyl groups is 1. The highest BCUT2D eigenvalue weighted by atomic mass is 16.3. The summed E-state index contributed by atoms with van der Waals surface area (Å²) in [6, 6.07) is 29.3. The number of rotatable bonds is 6. The van der Waals surface area contributed by atoms with Crippen LogP contribution >= 0.6 is 0 Å². The summed E-state index contributed by atoms with van der Waals surface area (Å²) < 4.78 is 235. The average molecular weight is 885 g/mol. The summed E-state index contributed by atoms with van der Waals surface area (Å²) in [6.45, 7) is -22.0. The van der Waals surface area contributed by atoms with Crippen molar-refractivity contribution in [3.63, 3.8) is 0 Å². The molecule has 8 rings (SSSR count). The summed E-state index contributed by atoms with van der Waals surface area (Å²) in [7, 11) is 0. The van der Waals surface area contributed by atoms with E-state index in [-0.39, 0.29) is 50.5 Å². The number of imidazole rings is 1. The van der Waals surface area contributed by atoms with E-state index < -0.39 is 112 Å². The van der Waals surface area contributed by atoms with Gasteiger partial charge in [0.15, 0.2) is 0 Å². The number of phenolic OH excluding ortho intramolecular Hbond substituents is 1. The average Bonchev–Trinajstić information content (AvgIpc) is 0.824. The predicted octanol–water partition coefficient (Wildman–Crippen LogP) is 16.6. The van der Waals surface area contributed by atoms with Crippen LogP contribution in [0.2, 0.25) is 0 Å². The van der Waals surface area contributed by atoms with E-state index >= 15 is 0 Å². The summed E-state index contributed by atoms with van der Waals surface area (Å²) in [5.41, 5.74) is -10.2. The second kappa shape index (κ2) is 16.3. The van der Waals surface area contributed by atoms with Crippen LogP contribution in [-0.2, 0) is 21.7 Å². The van der Waals surface area contributed by atoms with Crippen LogP contribution in [0.1, 0.15) is 159 Å². The van der Waals surface area contributed by atoms with Gasteiger partial charge >= 0.3 is 0 Å². The predicted molar refractivity (Wildman–Crippen MR) is 277 cm³/mol. The number of hydrogen-bond donors (Lipinski definition) is 1. The van der Waals surface area contributed by atoms with Crippen LogP contribution in [0.25, 0.3) is 72.7 Å². The van der Waals surface area contributed by atoms with Gasteiger partial charge in [0, 0.05) is 59.9 Å². The number of para-hydroxylation sites is 1. The molecule has 0 amide bonds. The van der Waals surface area contributed by atoms with Crippen molar-refractivity contribution in [2.45, 2.75) is 125 Å². The number of pyridine rings is 1. The van der Waals surface area contributed by atoms with Gasteiger partial charge in [0.05, 0.1) is 28.0 Å². The molecule has 4 heteroatoms. The third-order valence-electron chi connectivity index (χ3n) is 11.6. The normalized spacial score (nSPS) is 20.5. The Balaban J connectivity index is 1.58. The van der Waals surface area contributed by atoms with Crippen molar-refractivity contribution >= 4 is 11.0 Å². The van der Waals surface area contributed by atoms with E-state index in [1.165, 1.54) is 42.6 Å². The number of hydrogen-bond acceptors (Lipinski definition) is 3. The molecule has 0 saturated carbocycles. The highest BCUT2D eigenvalue weighted by Gasteiger charge is 2.29. The van der Waals surface area contributed by atoms with Gasteiger partial charge in [-0.2, -0.15) is 0 Å². The summed E-state index contributed by atoms with van der Waals surface area (Å²) in [4.78, 5) is 9.70. The van der Waals surface area contributed by atoms with Gasteiger partial charge in [-0.25, -0.2) is 4.98 Å². The molecule has 0 bridgehead atoms. The SMILES string of the molecule is [2H]C([2H])([2H])c1cc(-c2ccnc(-c3cc(-c4cccc5c4nc(-c4cc(C(C([2H])([2H])[2H])(C([2H])([2H])[2H])C([2H])([2H])[2H])cc(C(C([2H])([2H])[2H])(C([2H])([2H])[2H])C([2H])([2H])[2H])c4O)n5-c4ccc(-c5ccc(C(C)(C)C)cc5)cc4C([2H])([2H])[2H])cc(C(C)(C)C)c3)c2)cc(C([2H])([2H])[2H])c1. The Kier molecular flexibility index (Phi) is 5.72. The molecule has 0 radical (unpaired) electrons. The quantitative estimate of drug-likeness (QED) is 0.181. The van der Waals surface area contributed by atoms with Gasteiger partial charge in [0.1, 0.15) is 11.6 Å². The lowest BCUT2D eigenvalue weighted by atomic mass is 9.79. The number of aromatic nitrogens is 3. The van der Waals surface area contributed by atoms with E-state index in [2.05, 4.69) is 4.98 Å². The molecule has 2 heterocycles. The molecule has 4 nitrogen and oxygen atoms in total. The summed E-state index contributed by atoms with van der Waals surface area (Å²) in [6.07, 6.45) is 1.45. The Morgan fingerprint density at radius 2 is 1.17 bits per heavy atom. The summed E-state index contributed by atoms with van der Waals surface area (Å²) in [5.74, 6) is -2.26. The highest BCUT2D eigenvalue weighted by molar-refractivity contribution is 5.97. The van der Waals surface area contributed by atoms with Gasteiger partial charge < -0.3 is 5.11 Å². The van der Waals surface area contributed by atoms with Crippen molar-refractivity contribution in [2.24, 2.45) is 0 Å². The molecule has 0 spiro atoms. The molecule has 0 saturated heterocycles. The first-order valence-corrected chi connectivity index (χ1v) is 20.9. The number of phenols is 1. The van der Waals surface area contributed by atoms with Crippen molar-refractivity contribution in [3.05, 3.63) is 166 Å². The minimum absolute atomic E-state index is 0.0406. The van der Waals surface area contributed by atoms with Crippen molar-refractivity contribution < 1.29 is 42.1 Å². The van der Waals surface area contributed by atoms with E-state index in [4.69, 9.17) is 42.0 Å². The van der Waals surface area contributed by atoms with Crippen LogP contribution in [0.5, 0.6) is 5.75 Å². The van der Waals surface area contributed by atoms with Crippen LogP contribution in [0.15, 0.2) is 128 Å². The fourth-order valence-corrected chi connectivity index (χ4v) is 8.06. The molecule has 8 aromatic rings. The second-order valence-electron chi connectivity index (χ2n) is 18.7. The molecular formula is C61H67N3O. The van der Waals surface area contributed by atoms with Gasteiger partial charge in [-0.05, 0) is 141 Å². The third kappa shape index (κ3) is 9.06. The minimum atomic E-state index is -4.28. The molecule has 6 aromatic carbocycles. The first-order valence-electron chi connectivity index (χ1n) is 34.4. The van der Waals surface area contributed by atoms with E-state index in [9.17, 15) is 5.11 Å². The van der Waals surface area contributed by atoms with Gasteiger partial charge in [-0.3, -0.25) is 9.55 Å². The number of fused-ring (bicyclic) bond motifs is 1. The standard InChI is InChI=1S/C61H67N3O/c1-37-27-38(2)29-43(28-37)42-25-26-62-52(34-42)45-31-44(32-47(33-45)59(7,8)9)49-17-16-18-54-55(49)63-57(50-35-48(60(10,11)12)36-51(56(50)65)61(13,14)15)64(54)53-24-21-41(30-39(53)3)40-19-22-46(23-20-40)58(4,5)6/h16-36,65H,1-15H3/i1D3,2D3,3D3,10D3,11D3,12D3,13D3,14D3,15D3. The van der Waals surface area contributed by atoms with Crippen molar-refractivity contribution in [2.75, 3.05) is 0 Å². The van der Waals surface area contributed by atoms with Crippen molar-refractivity contribution in [1.29, 1.82) is 0 Å². The van der Waals surface area contributed by atoms with Crippen LogP contribution in [0.4, 0.5) is 0 Å². The topological polar surface area (TPSA) is 50.9 Å². The Morgan fingerprint density at radius 3 is 1.83 bits per heavy atom. The zero-order valence-corrected chi connectivity index (χ0v) is 36.9. The lowest BCUT2D eigenvalue weighted by molar-refractivity contribution is 0.446. The molecule has 0 atom stereocenters. The van der Waals surface area contributed by atoms with E-state index in [1.807, 2.05) is 59.7 Å². The third-order valence-corrected chi connectivity index (χ3v) is 11.6. The largest absolute Gasteiger partial charge is 0.507 e. The Bertz CT molecular complexity index is 4010. The maximum Gasteiger partial charge on any atom is 0.149 e. The van der Waals surface area contributed by atoms with Crippen LogP contribution in [0.3, 0.4) is 0 Å².